The van der Waals surface area contributed by atoms with Crippen molar-refractivity contribution in [1.82, 2.24) is 4.90 Å². The minimum atomic E-state index is -0.637. The highest BCUT2D eigenvalue weighted by atomic mass is 16.3. The van der Waals surface area contributed by atoms with Gasteiger partial charge in [0.25, 0.3) is 0 Å². The van der Waals surface area contributed by atoms with Crippen LogP contribution in [0.3, 0.4) is 0 Å². The van der Waals surface area contributed by atoms with E-state index in [9.17, 15) is 5.11 Å². The van der Waals surface area contributed by atoms with Crippen LogP contribution in [-0.4, -0.2) is 41.8 Å². The first-order chi connectivity index (χ1) is 5.64. The van der Waals surface area contributed by atoms with E-state index < -0.39 is 5.60 Å². The van der Waals surface area contributed by atoms with Gasteiger partial charge in [0.2, 0.25) is 0 Å². The topological polar surface area (TPSA) is 49.5 Å². The molecule has 1 fully saturated rings. The lowest BCUT2D eigenvalue weighted by molar-refractivity contribution is -0.0665. The molecule has 0 aromatic rings. The molecule has 0 aromatic carbocycles. The second-order valence-electron chi connectivity index (χ2n) is 3.82. The Kier molecular flexibility index (Phi) is 3.09. The van der Waals surface area contributed by atoms with E-state index in [0.717, 1.165) is 25.8 Å². The maximum absolute atomic E-state index is 10.1. The van der Waals surface area contributed by atoms with Crippen molar-refractivity contribution in [1.29, 1.82) is 0 Å². The molecule has 3 nitrogen and oxygen atoms in total. The molecule has 0 saturated carbocycles. The van der Waals surface area contributed by atoms with Gasteiger partial charge in [-0.25, -0.2) is 0 Å². The Morgan fingerprint density at radius 3 is 2.75 bits per heavy atom. The highest BCUT2D eigenvalue weighted by Gasteiger charge is 2.39. The molecule has 1 saturated heterocycles. The van der Waals surface area contributed by atoms with Crippen molar-refractivity contribution in [3.8, 4) is 0 Å². The van der Waals surface area contributed by atoms with Crippen molar-refractivity contribution in [3.05, 3.63) is 0 Å². The quantitative estimate of drug-likeness (QED) is 0.625. The SMILES string of the molecule is CCC1N(C)CCCC1(O)CN. The molecule has 0 aromatic heterocycles. The van der Waals surface area contributed by atoms with Gasteiger partial charge in [-0.2, -0.15) is 0 Å². The summed E-state index contributed by atoms with van der Waals surface area (Å²) < 4.78 is 0. The van der Waals surface area contributed by atoms with Gasteiger partial charge in [0.1, 0.15) is 0 Å². The predicted molar refractivity (Wildman–Crippen MR) is 49.9 cm³/mol. The van der Waals surface area contributed by atoms with Crippen LogP contribution >= 0.6 is 0 Å². The molecule has 0 aliphatic carbocycles. The number of nitrogens with zero attached hydrogens (tertiary/aromatic N) is 1. The third-order valence-corrected chi connectivity index (χ3v) is 3.01. The summed E-state index contributed by atoms with van der Waals surface area (Å²) >= 11 is 0. The van der Waals surface area contributed by atoms with Gasteiger partial charge in [-0.1, -0.05) is 6.92 Å². The van der Waals surface area contributed by atoms with Crippen molar-refractivity contribution in [3.63, 3.8) is 0 Å². The molecular weight excluding hydrogens is 152 g/mol. The maximum atomic E-state index is 10.1. The van der Waals surface area contributed by atoms with Crippen LogP contribution in [0.1, 0.15) is 26.2 Å². The van der Waals surface area contributed by atoms with Crippen molar-refractivity contribution < 1.29 is 5.11 Å². The zero-order valence-electron chi connectivity index (χ0n) is 8.08. The smallest absolute Gasteiger partial charge is 0.0923 e. The predicted octanol–water partition coefficient (Wildman–Crippen LogP) is 0.180. The zero-order valence-corrected chi connectivity index (χ0v) is 8.08. The van der Waals surface area contributed by atoms with Crippen LogP contribution in [0.25, 0.3) is 0 Å². The second kappa shape index (κ2) is 3.73. The third-order valence-electron chi connectivity index (χ3n) is 3.01. The fourth-order valence-corrected chi connectivity index (χ4v) is 2.30. The summed E-state index contributed by atoms with van der Waals surface area (Å²) in [6.45, 7) is 3.57. The number of rotatable bonds is 2. The Hall–Kier alpha value is -0.120. The van der Waals surface area contributed by atoms with Crippen molar-refractivity contribution >= 4 is 0 Å². The van der Waals surface area contributed by atoms with Gasteiger partial charge in [-0.15, -0.1) is 0 Å². The van der Waals surface area contributed by atoms with Gasteiger partial charge < -0.3 is 15.7 Å². The van der Waals surface area contributed by atoms with Gasteiger partial charge in [0, 0.05) is 12.6 Å². The highest BCUT2D eigenvalue weighted by Crippen LogP contribution is 2.27. The molecule has 12 heavy (non-hydrogen) atoms. The maximum Gasteiger partial charge on any atom is 0.0923 e. The number of hydrogen-bond donors (Lipinski definition) is 2. The normalized spacial score (nSPS) is 38.5. The number of aliphatic hydroxyl groups is 1. The Bertz CT molecular complexity index is 151. The summed E-state index contributed by atoms with van der Waals surface area (Å²) in [6.07, 6.45) is 2.89. The molecule has 1 aliphatic rings. The zero-order chi connectivity index (χ0) is 9.19. The van der Waals surface area contributed by atoms with E-state index in [1.165, 1.54) is 0 Å². The summed E-state index contributed by atoms with van der Waals surface area (Å²) in [5.74, 6) is 0. The first-order valence-electron chi connectivity index (χ1n) is 4.76. The molecular formula is C9H20N2O. The average Bonchev–Trinajstić information content (AvgIpc) is 2.05. The van der Waals surface area contributed by atoms with Crippen LogP contribution in [0.4, 0.5) is 0 Å². The molecule has 72 valence electrons. The van der Waals surface area contributed by atoms with Crippen LogP contribution in [0, 0.1) is 0 Å². The summed E-state index contributed by atoms with van der Waals surface area (Å²) in [7, 11) is 2.06. The summed E-state index contributed by atoms with van der Waals surface area (Å²) in [6, 6.07) is 0.247. The summed E-state index contributed by atoms with van der Waals surface area (Å²) in [5, 5.41) is 10.1. The van der Waals surface area contributed by atoms with Gasteiger partial charge in [-0.3, -0.25) is 0 Å². The lowest BCUT2D eigenvalue weighted by Gasteiger charge is -2.44. The lowest BCUT2D eigenvalue weighted by atomic mass is 9.83. The Morgan fingerprint density at radius 1 is 1.67 bits per heavy atom. The average molecular weight is 172 g/mol. The molecule has 2 unspecified atom stereocenters. The van der Waals surface area contributed by atoms with E-state index in [2.05, 4.69) is 18.9 Å². The summed E-state index contributed by atoms with van der Waals surface area (Å²) in [4.78, 5) is 2.22. The van der Waals surface area contributed by atoms with E-state index in [4.69, 9.17) is 5.73 Å². The first-order valence-corrected chi connectivity index (χ1v) is 4.76. The Morgan fingerprint density at radius 2 is 2.33 bits per heavy atom. The van der Waals surface area contributed by atoms with E-state index in [0.29, 0.717) is 6.54 Å². The Labute approximate surface area is 74.5 Å². The van der Waals surface area contributed by atoms with E-state index in [1.54, 1.807) is 0 Å². The largest absolute Gasteiger partial charge is 0.387 e. The molecule has 1 rings (SSSR count). The third kappa shape index (κ3) is 1.63. The van der Waals surface area contributed by atoms with Crippen LogP contribution in [-0.2, 0) is 0 Å². The fraction of sp³-hybridized carbons (Fsp3) is 1.00. The molecule has 0 spiro atoms. The van der Waals surface area contributed by atoms with Crippen LogP contribution in [0.15, 0.2) is 0 Å². The number of likely N-dealkylation sites (N-methyl/N-ethyl adjacent to an activating group) is 1. The molecule has 1 aliphatic heterocycles. The molecule has 1 heterocycles. The monoisotopic (exact) mass is 172 g/mol. The van der Waals surface area contributed by atoms with Gasteiger partial charge in [0.05, 0.1) is 5.60 Å². The molecule has 0 radical (unpaired) electrons. The molecule has 3 N–H and O–H groups in total. The van der Waals surface area contributed by atoms with Gasteiger partial charge in [-0.05, 0) is 32.9 Å². The summed E-state index contributed by atoms with van der Waals surface area (Å²) in [5.41, 5.74) is 4.95. The molecule has 0 amide bonds. The van der Waals surface area contributed by atoms with E-state index >= 15 is 0 Å². The van der Waals surface area contributed by atoms with Crippen molar-refractivity contribution in [2.45, 2.75) is 37.8 Å². The first kappa shape index (κ1) is 9.96. The minimum Gasteiger partial charge on any atom is -0.387 e. The number of piperidine rings is 1. The molecule has 3 heteroatoms. The number of likely N-dealkylation sites (tertiary alicyclic amines) is 1. The van der Waals surface area contributed by atoms with E-state index in [-0.39, 0.29) is 6.04 Å². The van der Waals surface area contributed by atoms with E-state index in [1.807, 2.05) is 0 Å². The minimum absolute atomic E-state index is 0.247. The lowest BCUT2D eigenvalue weighted by Crippen LogP contribution is -2.58. The molecule has 0 bridgehead atoms. The van der Waals surface area contributed by atoms with Crippen LogP contribution in [0.2, 0.25) is 0 Å². The standard InChI is InChI=1S/C9H20N2O/c1-3-8-9(12,7-10)5-4-6-11(8)2/h8,12H,3-7,10H2,1-2H3. The van der Waals surface area contributed by atoms with Gasteiger partial charge in [0.15, 0.2) is 0 Å². The Balaban J connectivity index is 2.70. The van der Waals surface area contributed by atoms with Gasteiger partial charge >= 0.3 is 0 Å². The van der Waals surface area contributed by atoms with Crippen LogP contribution < -0.4 is 5.73 Å². The van der Waals surface area contributed by atoms with Crippen molar-refractivity contribution in [2.75, 3.05) is 20.1 Å². The molecule has 2 atom stereocenters. The number of nitrogens with two attached hydrogens (primary N) is 1. The van der Waals surface area contributed by atoms with Crippen molar-refractivity contribution in [2.24, 2.45) is 5.73 Å². The second-order valence-corrected chi connectivity index (χ2v) is 3.82. The van der Waals surface area contributed by atoms with Crippen LogP contribution in [0.5, 0.6) is 0 Å². The fourth-order valence-electron chi connectivity index (χ4n) is 2.30. The number of hydrogen-bond acceptors (Lipinski definition) is 3. The highest BCUT2D eigenvalue weighted by molar-refractivity contribution is 4.95.